The number of rotatable bonds is 7. The van der Waals surface area contributed by atoms with E-state index in [1.54, 1.807) is 30.3 Å². The summed E-state index contributed by atoms with van der Waals surface area (Å²) in [6, 6.07) is 13.2. The van der Waals surface area contributed by atoms with Crippen LogP contribution < -0.4 is 10.0 Å². The SMILES string of the molecule is O=C(NCc1ccccc1F)c1ccc(Cl)c(S(=O)(=O)NCc2ccco2)c1. The molecule has 1 aromatic heterocycles. The van der Waals surface area contributed by atoms with Crippen molar-refractivity contribution < 1.29 is 22.0 Å². The van der Waals surface area contributed by atoms with E-state index in [9.17, 15) is 17.6 Å². The molecule has 2 aromatic carbocycles. The van der Waals surface area contributed by atoms with Crippen LogP contribution in [0.1, 0.15) is 21.7 Å². The summed E-state index contributed by atoms with van der Waals surface area (Å²) in [5.74, 6) is -0.565. The van der Waals surface area contributed by atoms with Crippen molar-refractivity contribution in [1.82, 2.24) is 10.0 Å². The van der Waals surface area contributed by atoms with Crippen LogP contribution in [0, 0.1) is 5.82 Å². The molecule has 9 heteroatoms. The maximum atomic E-state index is 13.7. The van der Waals surface area contributed by atoms with Gasteiger partial charge in [-0.1, -0.05) is 29.8 Å². The number of carbonyl (C=O) groups excluding carboxylic acids is 1. The summed E-state index contributed by atoms with van der Waals surface area (Å²) in [5.41, 5.74) is 0.400. The van der Waals surface area contributed by atoms with Gasteiger partial charge in [0.1, 0.15) is 16.5 Å². The summed E-state index contributed by atoms with van der Waals surface area (Å²) in [5, 5.41) is 2.53. The fourth-order valence-corrected chi connectivity index (χ4v) is 3.94. The normalized spacial score (nSPS) is 11.4. The molecule has 3 rings (SSSR count). The van der Waals surface area contributed by atoms with Gasteiger partial charge >= 0.3 is 0 Å². The van der Waals surface area contributed by atoms with E-state index in [0.717, 1.165) is 0 Å². The molecule has 0 unspecified atom stereocenters. The first-order valence-electron chi connectivity index (χ1n) is 8.20. The second-order valence-electron chi connectivity index (χ2n) is 5.82. The van der Waals surface area contributed by atoms with Gasteiger partial charge in [0.15, 0.2) is 0 Å². The third kappa shape index (κ3) is 4.78. The smallest absolute Gasteiger partial charge is 0.251 e. The van der Waals surface area contributed by atoms with Crippen LogP contribution in [0.5, 0.6) is 0 Å². The highest BCUT2D eigenvalue weighted by atomic mass is 35.5. The van der Waals surface area contributed by atoms with Crippen LogP contribution in [0.2, 0.25) is 5.02 Å². The van der Waals surface area contributed by atoms with Crippen LogP contribution in [0.4, 0.5) is 4.39 Å². The number of hydrogen-bond donors (Lipinski definition) is 2. The summed E-state index contributed by atoms with van der Waals surface area (Å²) >= 11 is 6.02. The molecule has 6 nitrogen and oxygen atoms in total. The summed E-state index contributed by atoms with van der Waals surface area (Å²) in [4.78, 5) is 12.1. The highest BCUT2D eigenvalue weighted by molar-refractivity contribution is 7.89. The molecule has 0 spiro atoms. The molecule has 0 aliphatic heterocycles. The quantitative estimate of drug-likeness (QED) is 0.610. The van der Waals surface area contributed by atoms with E-state index >= 15 is 0 Å². The molecule has 0 aliphatic rings. The van der Waals surface area contributed by atoms with E-state index in [1.807, 2.05) is 0 Å². The molecule has 146 valence electrons. The second kappa shape index (κ2) is 8.55. The summed E-state index contributed by atoms with van der Waals surface area (Å²) in [7, 11) is -3.98. The van der Waals surface area contributed by atoms with E-state index in [1.165, 1.54) is 30.5 Å². The van der Waals surface area contributed by atoms with E-state index in [2.05, 4.69) is 10.0 Å². The third-order valence-corrected chi connectivity index (χ3v) is 5.78. The van der Waals surface area contributed by atoms with Gasteiger partial charge in [0.2, 0.25) is 10.0 Å². The van der Waals surface area contributed by atoms with E-state index in [-0.39, 0.29) is 28.6 Å². The Morgan fingerprint density at radius 2 is 1.86 bits per heavy atom. The first kappa shape index (κ1) is 20.1. The van der Waals surface area contributed by atoms with Crippen molar-refractivity contribution in [2.75, 3.05) is 0 Å². The maximum absolute atomic E-state index is 13.7. The van der Waals surface area contributed by atoms with Gasteiger partial charge in [-0.25, -0.2) is 17.5 Å². The standard InChI is InChI=1S/C19H16ClFN2O4S/c20-16-8-7-13(19(24)22-11-14-4-1-2-6-17(14)21)10-18(16)28(25,26)23-12-15-5-3-9-27-15/h1-10,23H,11-12H2,(H,22,24). The van der Waals surface area contributed by atoms with Gasteiger partial charge in [0.05, 0.1) is 17.8 Å². The Bertz CT molecular complexity index is 1090. The van der Waals surface area contributed by atoms with Crippen molar-refractivity contribution in [2.24, 2.45) is 0 Å². The first-order chi connectivity index (χ1) is 13.4. The zero-order valence-corrected chi connectivity index (χ0v) is 16.1. The number of sulfonamides is 1. The predicted octanol–water partition coefficient (Wildman–Crippen LogP) is 3.48. The average molecular weight is 423 g/mol. The fourth-order valence-electron chi connectivity index (χ4n) is 2.43. The zero-order chi connectivity index (χ0) is 20.1. The van der Waals surface area contributed by atoms with Gasteiger partial charge in [-0.3, -0.25) is 4.79 Å². The number of hydrogen-bond acceptors (Lipinski definition) is 4. The highest BCUT2D eigenvalue weighted by Crippen LogP contribution is 2.23. The lowest BCUT2D eigenvalue weighted by atomic mass is 10.2. The zero-order valence-electron chi connectivity index (χ0n) is 14.5. The molecule has 0 bridgehead atoms. The van der Waals surface area contributed by atoms with E-state index in [4.69, 9.17) is 16.0 Å². The number of halogens is 2. The van der Waals surface area contributed by atoms with Gasteiger partial charge in [-0.15, -0.1) is 0 Å². The minimum atomic E-state index is -3.98. The predicted molar refractivity (Wildman–Crippen MR) is 102 cm³/mol. The van der Waals surface area contributed by atoms with Gasteiger partial charge in [-0.05, 0) is 36.4 Å². The van der Waals surface area contributed by atoms with Crippen LogP contribution in [0.25, 0.3) is 0 Å². The lowest BCUT2D eigenvalue weighted by molar-refractivity contribution is 0.0950. The molecule has 0 fully saturated rings. The van der Waals surface area contributed by atoms with Crippen LogP contribution in [-0.4, -0.2) is 14.3 Å². The van der Waals surface area contributed by atoms with Crippen molar-refractivity contribution in [3.05, 3.63) is 88.6 Å². The molecule has 0 radical (unpaired) electrons. The number of furan rings is 1. The largest absolute Gasteiger partial charge is 0.468 e. The monoisotopic (exact) mass is 422 g/mol. The molecule has 1 amide bonds. The lowest BCUT2D eigenvalue weighted by Crippen LogP contribution is -2.26. The molecule has 3 aromatic rings. The van der Waals surface area contributed by atoms with Crippen molar-refractivity contribution in [2.45, 2.75) is 18.0 Å². The molecule has 0 saturated heterocycles. The van der Waals surface area contributed by atoms with Crippen molar-refractivity contribution in [3.63, 3.8) is 0 Å². The van der Waals surface area contributed by atoms with Gasteiger partial charge < -0.3 is 9.73 Å². The second-order valence-corrected chi connectivity index (χ2v) is 7.97. The molecule has 2 N–H and O–H groups in total. The molecule has 28 heavy (non-hydrogen) atoms. The maximum Gasteiger partial charge on any atom is 0.251 e. The van der Waals surface area contributed by atoms with Crippen LogP contribution in [0.3, 0.4) is 0 Å². The Labute approximate surface area is 166 Å². The molecular weight excluding hydrogens is 407 g/mol. The first-order valence-corrected chi connectivity index (χ1v) is 10.1. The van der Waals surface area contributed by atoms with Gasteiger partial charge in [0.25, 0.3) is 5.91 Å². The van der Waals surface area contributed by atoms with Crippen molar-refractivity contribution >= 4 is 27.5 Å². The minimum Gasteiger partial charge on any atom is -0.468 e. The molecule has 0 aliphatic carbocycles. The highest BCUT2D eigenvalue weighted by Gasteiger charge is 2.20. The number of carbonyl (C=O) groups is 1. The summed E-state index contributed by atoms with van der Waals surface area (Å²) < 4.78 is 46.2. The average Bonchev–Trinajstić information content (AvgIpc) is 3.19. The molecular formula is C19H16ClFN2O4S. The molecule has 0 atom stereocenters. The summed E-state index contributed by atoms with van der Waals surface area (Å²) in [6.07, 6.45) is 1.43. The Morgan fingerprint density at radius 1 is 1.07 bits per heavy atom. The minimum absolute atomic E-state index is 0.0300. The Hall–Kier alpha value is -2.68. The fraction of sp³-hybridized carbons (Fsp3) is 0.105. The van der Waals surface area contributed by atoms with E-state index < -0.39 is 21.7 Å². The lowest BCUT2D eigenvalue weighted by Gasteiger charge is -2.10. The number of amides is 1. The Balaban J connectivity index is 1.74. The molecule has 1 heterocycles. The summed E-state index contributed by atoms with van der Waals surface area (Å²) in [6.45, 7) is -0.0949. The van der Waals surface area contributed by atoms with Crippen molar-refractivity contribution in [1.29, 1.82) is 0 Å². The van der Waals surface area contributed by atoms with E-state index in [0.29, 0.717) is 11.3 Å². The number of nitrogens with one attached hydrogen (secondary N) is 2. The van der Waals surface area contributed by atoms with Gasteiger partial charge in [0, 0.05) is 17.7 Å². The van der Waals surface area contributed by atoms with Crippen molar-refractivity contribution in [3.8, 4) is 0 Å². The van der Waals surface area contributed by atoms with Crippen LogP contribution in [0.15, 0.2) is 70.2 Å². The van der Waals surface area contributed by atoms with Gasteiger partial charge in [-0.2, -0.15) is 0 Å². The Morgan fingerprint density at radius 3 is 2.57 bits per heavy atom. The van der Waals surface area contributed by atoms with Crippen LogP contribution >= 0.6 is 11.6 Å². The third-order valence-electron chi connectivity index (χ3n) is 3.90. The Kier molecular flexibility index (Phi) is 6.13. The number of benzene rings is 2. The molecule has 0 saturated carbocycles. The van der Waals surface area contributed by atoms with Crippen LogP contribution in [-0.2, 0) is 23.1 Å². The topological polar surface area (TPSA) is 88.4 Å².